The van der Waals surface area contributed by atoms with Crippen LogP contribution < -0.4 is 4.90 Å². The van der Waals surface area contributed by atoms with E-state index in [1.807, 2.05) is 12.3 Å². The molecule has 4 rings (SSSR count). The summed E-state index contributed by atoms with van der Waals surface area (Å²) >= 11 is 6.33. The summed E-state index contributed by atoms with van der Waals surface area (Å²) in [4.78, 5) is 6.50. The van der Waals surface area contributed by atoms with Crippen LogP contribution in [0.5, 0.6) is 0 Å². The highest BCUT2D eigenvalue weighted by atomic mass is 35.5. The lowest BCUT2D eigenvalue weighted by Gasteiger charge is -2.37. The van der Waals surface area contributed by atoms with Gasteiger partial charge in [0.15, 0.2) is 0 Å². The molecule has 1 aliphatic rings. The van der Waals surface area contributed by atoms with Crippen LogP contribution in [0.1, 0.15) is 25.8 Å². The van der Waals surface area contributed by atoms with E-state index < -0.39 is 0 Å². The van der Waals surface area contributed by atoms with Gasteiger partial charge >= 0.3 is 0 Å². The fourth-order valence-corrected chi connectivity index (χ4v) is 4.57. The summed E-state index contributed by atoms with van der Waals surface area (Å²) < 4.78 is 2.06. The number of anilines is 1. The Balaban J connectivity index is 1.82. The SMILES string of the molecule is C[C@@H]1C[C@H](C)CN(c2ccc3c(ccn3-c3ccncc3Cl)c2CO)C1. The lowest BCUT2D eigenvalue weighted by Crippen LogP contribution is -2.39. The van der Waals surface area contributed by atoms with Gasteiger partial charge in [0.2, 0.25) is 0 Å². The van der Waals surface area contributed by atoms with Crippen LogP contribution in [0.4, 0.5) is 5.69 Å². The molecule has 0 saturated carbocycles. The molecule has 0 unspecified atom stereocenters. The monoisotopic (exact) mass is 369 g/mol. The number of nitrogens with zero attached hydrogens (tertiary/aromatic N) is 3. The molecule has 1 fully saturated rings. The summed E-state index contributed by atoms with van der Waals surface area (Å²) in [5.41, 5.74) is 4.09. The van der Waals surface area contributed by atoms with Crippen LogP contribution in [-0.2, 0) is 6.61 Å². The predicted octanol–water partition coefficient (Wildman–Crippen LogP) is 4.65. The maximum atomic E-state index is 10.1. The van der Waals surface area contributed by atoms with Crippen molar-refractivity contribution in [1.29, 1.82) is 0 Å². The van der Waals surface area contributed by atoms with Gasteiger partial charge in [0.25, 0.3) is 0 Å². The van der Waals surface area contributed by atoms with Gasteiger partial charge in [0, 0.05) is 48.3 Å². The number of fused-ring (bicyclic) bond motifs is 1. The summed E-state index contributed by atoms with van der Waals surface area (Å²) in [7, 11) is 0. The highest BCUT2D eigenvalue weighted by Gasteiger charge is 2.24. The average Bonchev–Trinajstić information content (AvgIpc) is 3.04. The van der Waals surface area contributed by atoms with Crippen LogP contribution in [0, 0.1) is 11.8 Å². The van der Waals surface area contributed by atoms with Gasteiger partial charge in [-0.3, -0.25) is 4.98 Å². The molecule has 136 valence electrons. The predicted molar refractivity (Wildman–Crippen MR) is 107 cm³/mol. The molecular formula is C21H24ClN3O. The van der Waals surface area contributed by atoms with Crippen LogP contribution in [0.3, 0.4) is 0 Å². The number of benzene rings is 1. The van der Waals surface area contributed by atoms with Gasteiger partial charge in [0.1, 0.15) is 0 Å². The Kier molecular flexibility index (Phi) is 4.63. The normalized spacial score (nSPS) is 20.7. The van der Waals surface area contributed by atoms with Crippen molar-refractivity contribution in [3.63, 3.8) is 0 Å². The summed E-state index contributed by atoms with van der Waals surface area (Å²) in [6.45, 7) is 6.73. The number of hydrogen-bond donors (Lipinski definition) is 1. The topological polar surface area (TPSA) is 41.3 Å². The number of piperidine rings is 1. The number of aliphatic hydroxyl groups excluding tert-OH is 1. The molecule has 0 radical (unpaired) electrons. The maximum absolute atomic E-state index is 10.1. The quantitative estimate of drug-likeness (QED) is 0.730. The van der Waals surface area contributed by atoms with E-state index in [4.69, 9.17) is 11.6 Å². The summed E-state index contributed by atoms with van der Waals surface area (Å²) in [5, 5.41) is 11.8. The zero-order valence-corrected chi connectivity index (χ0v) is 15.9. The van der Waals surface area contributed by atoms with E-state index in [9.17, 15) is 5.11 Å². The molecule has 0 amide bonds. The molecule has 0 aliphatic carbocycles. The maximum Gasteiger partial charge on any atom is 0.0829 e. The summed E-state index contributed by atoms with van der Waals surface area (Å²) in [6, 6.07) is 8.25. The molecule has 0 spiro atoms. The second-order valence-corrected chi connectivity index (χ2v) is 7.93. The van der Waals surface area contributed by atoms with Crippen molar-refractivity contribution in [3.05, 3.63) is 53.4 Å². The highest BCUT2D eigenvalue weighted by molar-refractivity contribution is 6.32. The lowest BCUT2D eigenvalue weighted by molar-refractivity contribution is 0.282. The van der Waals surface area contributed by atoms with E-state index in [0.717, 1.165) is 40.9 Å². The van der Waals surface area contributed by atoms with Crippen LogP contribution in [0.2, 0.25) is 5.02 Å². The van der Waals surface area contributed by atoms with E-state index >= 15 is 0 Å². The third-order valence-corrected chi connectivity index (χ3v) is 5.63. The molecule has 2 aromatic heterocycles. The zero-order valence-electron chi connectivity index (χ0n) is 15.2. The van der Waals surface area contributed by atoms with Crippen molar-refractivity contribution in [3.8, 4) is 5.69 Å². The van der Waals surface area contributed by atoms with Crippen molar-refractivity contribution in [2.45, 2.75) is 26.9 Å². The number of aromatic nitrogens is 2. The Hall–Kier alpha value is -2.04. The number of hydrogen-bond acceptors (Lipinski definition) is 3. The van der Waals surface area contributed by atoms with Crippen molar-refractivity contribution >= 4 is 28.2 Å². The molecule has 26 heavy (non-hydrogen) atoms. The van der Waals surface area contributed by atoms with Gasteiger partial charge in [0.05, 0.1) is 22.8 Å². The highest BCUT2D eigenvalue weighted by Crippen LogP contribution is 2.35. The van der Waals surface area contributed by atoms with Crippen molar-refractivity contribution in [1.82, 2.24) is 9.55 Å². The molecule has 5 heteroatoms. The Bertz CT molecular complexity index is 926. The fraction of sp³-hybridized carbons (Fsp3) is 0.381. The Labute approximate surface area is 159 Å². The minimum absolute atomic E-state index is 0.0278. The van der Waals surface area contributed by atoms with Crippen molar-refractivity contribution < 1.29 is 5.11 Å². The minimum Gasteiger partial charge on any atom is -0.392 e. The van der Waals surface area contributed by atoms with Crippen LogP contribution in [0.15, 0.2) is 42.9 Å². The average molecular weight is 370 g/mol. The molecular weight excluding hydrogens is 346 g/mol. The number of rotatable bonds is 3. The number of halogens is 1. The van der Waals surface area contributed by atoms with Gasteiger partial charge in [-0.25, -0.2) is 0 Å². The summed E-state index contributed by atoms with van der Waals surface area (Å²) in [5.74, 6) is 1.34. The number of aliphatic hydroxyl groups is 1. The first kappa shape index (κ1) is 17.4. The Morgan fingerprint density at radius 3 is 2.58 bits per heavy atom. The standard InChI is InChI=1S/C21H24ClN3O/c1-14-9-15(2)12-24(11-14)19-3-4-20-16(17(19)13-26)6-8-25(20)21-5-7-23-10-18(21)22/h3-8,10,14-15,26H,9,11-13H2,1-2H3/t14-,15+. The molecule has 3 heterocycles. The number of pyridine rings is 1. The molecule has 1 N–H and O–H groups in total. The van der Waals surface area contributed by atoms with E-state index in [-0.39, 0.29) is 6.61 Å². The molecule has 1 saturated heterocycles. The van der Waals surface area contributed by atoms with E-state index in [2.05, 4.69) is 46.5 Å². The lowest BCUT2D eigenvalue weighted by atomic mass is 9.91. The first-order valence-corrected chi connectivity index (χ1v) is 9.55. The van der Waals surface area contributed by atoms with E-state index in [1.165, 1.54) is 6.42 Å². The van der Waals surface area contributed by atoms with Gasteiger partial charge < -0.3 is 14.6 Å². The smallest absolute Gasteiger partial charge is 0.0829 e. The largest absolute Gasteiger partial charge is 0.392 e. The van der Waals surface area contributed by atoms with E-state index in [0.29, 0.717) is 16.9 Å². The first-order chi connectivity index (χ1) is 12.6. The fourth-order valence-electron chi connectivity index (χ4n) is 4.36. The minimum atomic E-state index is 0.0278. The second-order valence-electron chi connectivity index (χ2n) is 7.52. The van der Waals surface area contributed by atoms with Crippen molar-refractivity contribution in [2.75, 3.05) is 18.0 Å². The van der Waals surface area contributed by atoms with Crippen LogP contribution in [-0.4, -0.2) is 27.7 Å². The van der Waals surface area contributed by atoms with Crippen molar-refractivity contribution in [2.24, 2.45) is 11.8 Å². The second kappa shape index (κ2) is 6.93. The van der Waals surface area contributed by atoms with Gasteiger partial charge in [-0.2, -0.15) is 0 Å². The van der Waals surface area contributed by atoms with Crippen LogP contribution >= 0.6 is 11.6 Å². The molecule has 3 aromatic rings. The van der Waals surface area contributed by atoms with Gasteiger partial charge in [-0.15, -0.1) is 0 Å². The Morgan fingerprint density at radius 2 is 1.88 bits per heavy atom. The van der Waals surface area contributed by atoms with E-state index in [1.54, 1.807) is 12.4 Å². The third-order valence-electron chi connectivity index (χ3n) is 5.34. The Morgan fingerprint density at radius 1 is 1.12 bits per heavy atom. The molecule has 0 bridgehead atoms. The third kappa shape index (κ3) is 2.97. The first-order valence-electron chi connectivity index (χ1n) is 9.17. The van der Waals surface area contributed by atoms with Gasteiger partial charge in [-0.05, 0) is 42.5 Å². The molecule has 1 aromatic carbocycles. The molecule has 2 atom stereocenters. The zero-order chi connectivity index (χ0) is 18.3. The summed E-state index contributed by atoms with van der Waals surface area (Å²) in [6.07, 6.45) is 6.67. The molecule has 4 nitrogen and oxygen atoms in total. The van der Waals surface area contributed by atoms with Crippen LogP contribution in [0.25, 0.3) is 16.6 Å². The molecule has 1 aliphatic heterocycles. The van der Waals surface area contributed by atoms with Gasteiger partial charge in [-0.1, -0.05) is 25.4 Å².